The maximum absolute atomic E-state index is 12.1. The Kier molecular flexibility index (Phi) is 6.15. The lowest BCUT2D eigenvalue weighted by Gasteiger charge is -2.09. The van der Waals surface area contributed by atoms with Crippen molar-refractivity contribution in [3.05, 3.63) is 6.20 Å². The van der Waals surface area contributed by atoms with Crippen molar-refractivity contribution in [3.8, 4) is 0 Å². The lowest BCUT2D eigenvalue weighted by atomic mass is 10.3. The molecule has 0 fully saturated rings. The summed E-state index contributed by atoms with van der Waals surface area (Å²) in [7, 11) is -4.63. The van der Waals surface area contributed by atoms with Crippen LogP contribution in [0.3, 0.4) is 0 Å². The third-order valence-corrected chi connectivity index (χ3v) is 5.75. The molecule has 116 valence electrons. The first kappa shape index (κ1) is 17.1. The minimum atomic E-state index is -3.67. The molecule has 2 atom stereocenters. The van der Waals surface area contributed by atoms with Gasteiger partial charge in [0.05, 0.1) is 0 Å². The SMILES string of the molecule is CCCn1cc(S(=O)(=O)NCCC(C)S(C)=O)c(N)n1. The van der Waals surface area contributed by atoms with Gasteiger partial charge in [0.1, 0.15) is 4.90 Å². The van der Waals surface area contributed by atoms with Crippen molar-refractivity contribution in [2.75, 3.05) is 18.5 Å². The second-order valence-electron chi connectivity index (χ2n) is 4.64. The zero-order valence-electron chi connectivity index (χ0n) is 12.0. The van der Waals surface area contributed by atoms with Crippen LogP contribution in [0.2, 0.25) is 0 Å². The Bertz CT molecular complexity index is 568. The van der Waals surface area contributed by atoms with Crippen LogP contribution in [0.25, 0.3) is 0 Å². The van der Waals surface area contributed by atoms with Crippen molar-refractivity contribution < 1.29 is 12.6 Å². The van der Waals surface area contributed by atoms with Crippen LogP contribution in [0.4, 0.5) is 5.82 Å². The highest BCUT2D eigenvalue weighted by Crippen LogP contribution is 2.16. The molecule has 7 nitrogen and oxygen atoms in total. The fraction of sp³-hybridized carbons (Fsp3) is 0.727. The Labute approximate surface area is 122 Å². The van der Waals surface area contributed by atoms with Gasteiger partial charge in [-0.25, -0.2) is 13.1 Å². The Morgan fingerprint density at radius 1 is 1.55 bits per heavy atom. The predicted octanol–water partition coefficient (Wildman–Crippen LogP) is 0.311. The molecule has 0 amide bonds. The van der Waals surface area contributed by atoms with E-state index in [9.17, 15) is 12.6 Å². The molecule has 0 saturated heterocycles. The van der Waals surface area contributed by atoms with Crippen molar-refractivity contribution in [1.29, 1.82) is 0 Å². The zero-order valence-corrected chi connectivity index (χ0v) is 13.6. The van der Waals surface area contributed by atoms with Gasteiger partial charge in [0.25, 0.3) is 0 Å². The van der Waals surface area contributed by atoms with E-state index in [1.807, 2.05) is 13.8 Å². The largest absolute Gasteiger partial charge is 0.381 e. The van der Waals surface area contributed by atoms with Gasteiger partial charge in [-0.15, -0.1) is 0 Å². The van der Waals surface area contributed by atoms with E-state index in [0.29, 0.717) is 13.0 Å². The van der Waals surface area contributed by atoms with Gasteiger partial charge in [0, 0.05) is 41.6 Å². The number of sulfonamides is 1. The first-order chi connectivity index (χ1) is 9.27. The molecule has 0 bridgehead atoms. The molecule has 1 heterocycles. The van der Waals surface area contributed by atoms with E-state index in [-0.39, 0.29) is 22.5 Å². The topological polar surface area (TPSA) is 107 Å². The minimum Gasteiger partial charge on any atom is -0.381 e. The molecule has 0 aliphatic rings. The highest BCUT2D eigenvalue weighted by atomic mass is 32.2. The normalized spacial score (nSPS) is 15.2. The van der Waals surface area contributed by atoms with E-state index in [2.05, 4.69) is 9.82 Å². The number of nitrogens with zero attached hydrogens (tertiary/aromatic N) is 2. The van der Waals surface area contributed by atoms with E-state index in [4.69, 9.17) is 5.73 Å². The van der Waals surface area contributed by atoms with Crippen LogP contribution >= 0.6 is 0 Å². The number of rotatable bonds is 8. The van der Waals surface area contributed by atoms with E-state index >= 15 is 0 Å². The second kappa shape index (κ2) is 7.19. The van der Waals surface area contributed by atoms with Crippen LogP contribution in [0.1, 0.15) is 26.7 Å². The summed E-state index contributed by atoms with van der Waals surface area (Å²) in [6.07, 6.45) is 4.38. The number of aromatic nitrogens is 2. The zero-order chi connectivity index (χ0) is 15.3. The van der Waals surface area contributed by atoms with Crippen molar-refractivity contribution in [1.82, 2.24) is 14.5 Å². The van der Waals surface area contributed by atoms with E-state index in [1.54, 1.807) is 6.26 Å². The van der Waals surface area contributed by atoms with Gasteiger partial charge in [-0.3, -0.25) is 8.89 Å². The summed E-state index contributed by atoms with van der Waals surface area (Å²) in [6, 6.07) is 0. The van der Waals surface area contributed by atoms with Gasteiger partial charge in [0.15, 0.2) is 5.82 Å². The number of hydrogen-bond acceptors (Lipinski definition) is 5. The summed E-state index contributed by atoms with van der Waals surface area (Å²) in [5.74, 6) is -0.00179. The summed E-state index contributed by atoms with van der Waals surface area (Å²) < 4.78 is 39.4. The number of nitrogens with two attached hydrogens (primary N) is 1. The molecule has 1 aromatic rings. The van der Waals surface area contributed by atoms with Crippen LogP contribution < -0.4 is 10.5 Å². The Balaban J connectivity index is 2.71. The highest BCUT2D eigenvalue weighted by molar-refractivity contribution is 7.89. The molecular formula is C11H22N4O3S2. The Hall–Kier alpha value is -0.930. The van der Waals surface area contributed by atoms with Crippen LogP contribution in [-0.2, 0) is 27.4 Å². The molecule has 0 aliphatic carbocycles. The van der Waals surface area contributed by atoms with E-state index in [1.165, 1.54) is 10.9 Å². The van der Waals surface area contributed by atoms with Crippen molar-refractivity contribution in [3.63, 3.8) is 0 Å². The summed E-state index contributed by atoms with van der Waals surface area (Å²) in [5.41, 5.74) is 5.64. The van der Waals surface area contributed by atoms with Gasteiger partial charge < -0.3 is 5.73 Å². The molecule has 2 unspecified atom stereocenters. The summed E-state index contributed by atoms with van der Waals surface area (Å²) in [4.78, 5) is -0.00350. The standard InChI is InChI=1S/C11H22N4O3S2/c1-4-7-15-8-10(11(12)14-15)20(17,18)13-6-5-9(2)19(3)16/h8-9,13H,4-7H2,1-3H3,(H2,12,14). The van der Waals surface area contributed by atoms with Crippen LogP contribution in [0.15, 0.2) is 11.1 Å². The average Bonchev–Trinajstić information content (AvgIpc) is 2.71. The number of nitrogens with one attached hydrogen (secondary N) is 1. The Morgan fingerprint density at radius 2 is 2.20 bits per heavy atom. The molecule has 9 heteroatoms. The maximum Gasteiger partial charge on any atom is 0.245 e. The third kappa shape index (κ3) is 4.57. The second-order valence-corrected chi connectivity index (χ2v) is 8.17. The van der Waals surface area contributed by atoms with Gasteiger partial charge >= 0.3 is 0 Å². The van der Waals surface area contributed by atoms with E-state index in [0.717, 1.165) is 6.42 Å². The lowest BCUT2D eigenvalue weighted by molar-refractivity contribution is 0.576. The number of nitrogen functional groups attached to an aromatic ring is 1. The first-order valence-electron chi connectivity index (χ1n) is 6.42. The molecule has 0 radical (unpaired) electrons. The fourth-order valence-electron chi connectivity index (χ4n) is 1.61. The maximum atomic E-state index is 12.1. The summed E-state index contributed by atoms with van der Waals surface area (Å²) in [5, 5.41) is 3.91. The van der Waals surface area contributed by atoms with Crippen molar-refractivity contribution in [2.24, 2.45) is 0 Å². The molecular weight excluding hydrogens is 300 g/mol. The quantitative estimate of drug-likeness (QED) is 0.716. The van der Waals surface area contributed by atoms with E-state index < -0.39 is 20.8 Å². The minimum absolute atomic E-state index is 0.00179. The molecule has 1 rings (SSSR count). The van der Waals surface area contributed by atoms with Crippen LogP contribution in [-0.4, -0.2) is 40.5 Å². The number of hydrogen-bond donors (Lipinski definition) is 2. The molecule has 0 aliphatic heterocycles. The van der Waals surface area contributed by atoms with Crippen molar-refractivity contribution in [2.45, 2.75) is 43.4 Å². The average molecular weight is 322 g/mol. The molecule has 0 spiro atoms. The van der Waals surface area contributed by atoms with Gasteiger partial charge in [-0.2, -0.15) is 5.10 Å². The van der Waals surface area contributed by atoms with Gasteiger partial charge in [0.2, 0.25) is 10.0 Å². The molecule has 3 N–H and O–H groups in total. The molecule has 20 heavy (non-hydrogen) atoms. The Morgan fingerprint density at radius 3 is 2.75 bits per heavy atom. The lowest BCUT2D eigenvalue weighted by Crippen LogP contribution is -2.28. The van der Waals surface area contributed by atoms with Gasteiger partial charge in [-0.05, 0) is 12.8 Å². The van der Waals surface area contributed by atoms with Crippen LogP contribution in [0, 0.1) is 0 Å². The predicted molar refractivity (Wildman–Crippen MR) is 80.3 cm³/mol. The van der Waals surface area contributed by atoms with Gasteiger partial charge in [-0.1, -0.05) is 13.8 Å². The van der Waals surface area contributed by atoms with Crippen LogP contribution in [0.5, 0.6) is 0 Å². The van der Waals surface area contributed by atoms with Crippen molar-refractivity contribution >= 4 is 26.6 Å². The smallest absolute Gasteiger partial charge is 0.245 e. The highest BCUT2D eigenvalue weighted by Gasteiger charge is 2.21. The fourth-order valence-corrected chi connectivity index (χ4v) is 3.18. The molecule has 0 aromatic carbocycles. The first-order valence-corrected chi connectivity index (χ1v) is 9.53. The summed E-state index contributed by atoms with van der Waals surface area (Å²) >= 11 is 0. The monoisotopic (exact) mass is 322 g/mol. The molecule has 1 aromatic heterocycles. The number of aryl methyl sites for hydroxylation is 1. The number of anilines is 1. The summed E-state index contributed by atoms with van der Waals surface area (Å²) in [6.45, 7) is 4.63. The molecule has 0 saturated carbocycles. The third-order valence-electron chi connectivity index (χ3n) is 2.91.